The molecule has 8 heteroatoms. The highest BCUT2D eigenvalue weighted by atomic mass is 32.2. The van der Waals surface area contributed by atoms with Gasteiger partial charge in [-0.1, -0.05) is 0 Å². The predicted molar refractivity (Wildman–Crippen MR) is 85.4 cm³/mol. The third kappa shape index (κ3) is 3.38. The lowest BCUT2D eigenvalue weighted by Gasteiger charge is -2.27. The topological polar surface area (TPSA) is 75.9 Å². The molecule has 7 nitrogen and oxygen atoms in total. The van der Waals surface area contributed by atoms with Gasteiger partial charge in [0, 0.05) is 18.9 Å². The van der Waals surface area contributed by atoms with Gasteiger partial charge in [-0.15, -0.1) is 0 Å². The van der Waals surface area contributed by atoms with Crippen LogP contribution in [0.1, 0.15) is 11.4 Å². The van der Waals surface area contributed by atoms with Crippen LogP contribution in [-0.2, 0) is 24.4 Å². The molecule has 3 rings (SSSR count). The minimum Gasteiger partial charge on any atom is -0.363 e. The number of thioether (sulfide) groups is 1. The molecule has 116 valence electrons. The van der Waals surface area contributed by atoms with E-state index in [0.29, 0.717) is 18.8 Å². The first-order chi connectivity index (χ1) is 10.8. The maximum absolute atomic E-state index is 12.0. The van der Waals surface area contributed by atoms with E-state index in [4.69, 9.17) is 0 Å². The highest BCUT2D eigenvalue weighted by Gasteiger charge is 2.21. The Labute approximate surface area is 133 Å². The molecule has 1 amide bonds. The predicted octanol–water partition coefficient (Wildman–Crippen LogP) is 0.990. The molecule has 0 radical (unpaired) electrons. The van der Waals surface area contributed by atoms with Gasteiger partial charge in [-0.2, -0.15) is 16.9 Å². The largest absolute Gasteiger partial charge is 0.363 e. The summed E-state index contributed by atoms with van der Waals surface area (Å²) in [5.41, 5.74) is 2.02. The van der Waals surface area contributed by atoms with Crippen molar-refractivity contribution in [2.45, 2.75) is 19.6 Å². The standard InChI is InChI=1S/C14H18N6OS/c1-22-10-14(21)19-4-5-20-12(9-19)6-11(18-20)7-17-13-8-15-2-3-16-13/h2-3,6,8H,4-5,7,9-10H2,1H3,(H,16,17). The van der Waals surface area contributed by atoms with E-state index in [-0.39, 0.29) is 5.91 Å². The monoisotopic (exact) mass is 318 g/mol. The van der Waals surface area contributed by atoms with Gasteiger partial charge < -0.3 is 10.2 Å². The minimum absolute atomic E-state index is 0.194. The van der Waals surface area contributed by atoms with Gasteiger partial charge in [-0.3, -0.25) is 14.5 Å². The van der Waals surface area contributed by atoms with Crippen LogP contribution in [0, 0.1) is 0 Å². The number of nitrogens with zero attached hydrogens (tertiary/aromatic N) is 5. The molecule has 0 saturated heterocycles. The van der Waals surface area contributed by atoms with Crippen LogP contribution in [0.15, 0.2) is 24.7 Å². The fourth-order valence-electron chi connectivity index (χ4n) is 2.41. The van der Waals surface area contributed by atoms with E-state index in [1.165, 1.54) is 0 Å². The van der Waals surface area contributed by atoms with Gasteiger partial charge in [-0.25, -0.2) is 4.98 Å². The van der Waals surface area contributed by atoms with Crippen molar-refractivity contribution in [1.29, 1.82) is 0 Å². The molecule has 0 aromatic carbocycles. The number of anilines is 1. The Hall–Kier alpha value is -2.09. The fraction of sp³-hybridized carbons (Fsp3) is 0.429. The van der Waals surface area contributed by atoms with Gasteiger partial charge in [-0.05, 0) is 12.3 Å². The average molecular weight is 318 g/mol. The number of fused-ring (bicyclic) bond motifs is 1. The van der Waals surface area contributed by atoms with Crippen LogP contribution in [0.3, 0.4) is 0 Å². The first-order valence-electron chi connectivity index (χ1n) is 7.08. The van der Waals surface area contributed by atoms with Crippen molar-refractivity contribution in [3.63, 3.8) is 0 Å². The summed E-state index contributed by atoms with van der Waals surface area (Å²) in [6.07, 6.45) is 6.91. The summed E-state index contributed by atoms with van der Waals surface area (Å²) in [6, 6.07) is 2.04. The lowest BCUT2D eigenvalue weighted by Crippen LogP contribution is -2.39. The third-order valence-corrected chi connectivity index (χ3v) is 4.02. The molecule has 3 heterocycles. The molecule has 0 fully saturated rings. The molecule has 0 spiro atoms. The van der Waals surface area contributed by atoms with Crippen LogP contribution < -0.4 is 5.32 Å². The number of amides is 1. The second-order valence-electron chi connectivity index (χ2n) is 5.04. The third-order valence-electron chi connectivity index (χ3n) is 3.48. The van der Waals surface area contributed by atoms with Crippen molar-refractivity contribution < 1.29 is 4.79 Å². The summed E-state index contributed by atoms with van der Waals surface area (Å²) in [7, 11) is 0. The van der Waals surface area contributed by atoms with Crippen molar-refractivity contribution in [2.24, 2.45) is 0 Å². The normalized spacial score (nSPS) is 13.8. The molecule has 1 aliphatic rings. The quantitative estimate of drug-likeness (QED) is 0.886. The summed E-state index contributed by atoms with van der Waals surface area (Å²) in [5, 5.41) is 7.76. The molecule has 0 atom stereocenters. The van der Waals surface area contributed by atoms with Gasteiger partial charge in [0.2, 0.25) is 5.91 Å². The molecule has 2 aromatic rings. The van der Waals surface area contributed by atoms with Crippen molar-refractivity contribution in [2.75, 3.05) is 23.9 Å². The summed E-state index contributed by atoms with van der Waals surface area (Å²) in [5.74, 6) is 1.46. The van der Waals surface area contributed by atoms with Crippen LogP contribution in [0.4, 0.5) is 5.82 Å². The Morgan fingerprint density at radius 3 is 3.09 bits per heavy atom. The Kier molecular flexibility index (Phi) is 4.57. The van der Waals surface area contributed by atoms with E-state index < -0.39 is 0 Å². The molecule has 2 aromatic heterocycles. The van der Waals surface area contributed by atoms with E-state index in [9.17, 15) is 4.79 Å². The number of rotatable bonds is 5. The smallest absolute Gasteiger partial charge is 0.232 e. The van der Waals surface area contributed by atoms with Crippen LogP contribution in [0.2, 0.25) is 0 Å². The second kappa shape index (κ2) is 6.78. The van der Waals surface area contributed by atoms with E-state index in [2.05, 4.69) is 20.4 Å². The van der Waals surface area contributed by atoms with Crippen molar-refractivity contribution in [3.8, 4) is 0 Å². The van der Waals surface area contributed by atoms with Gasteiger partial charge >= 0.3 is 0 Å². The average Bonchev–Trinajstić information content (AvgIpc) is 2.96. The zero-order chi connectivity index (χ0) is 15.4. The Morgan fingerprint density at radius 2 is 2.32 bits per heavy atom. The maximum atomic E-state index is 12.0. The number of nitrogens with one attached hydrogen (secondary N) is 1. The minimum atomic E-state index is 0.194. The number of carbonyl (C=O) groups is 1. The van der Waals surface area contributed by atoms with Crippen molar-refractivity contribution >= 4 is 23.5 Å². The maximum Gasteiger partial charge on any atom is 0.232 e. The van der Waals surface area contributed by atoms with Crippen molar-refractivity contribution in [1.82, 2.24) is 24.6 Å². The molecule has 22 heavy (non-hydrogen) atoms. The van der Waals surface area contributed by atoms with Crippen LogP contribution >= 0.6 is 11.8 Å². The van der Waals surface area contributed by atoms with Gasteiger partial charge in [0.15, 0.2) is 0 Å². The van der Waals surface area contributed by atoms with E-state index in [1.807, 2.05) is 21.9 Å². The molecule has 0 saturated carbocycles. The Morgan fingerprint density at radius 1 is 1.41 bits per heavy atom. The second-order valence-corrected chi connectivity index (χ2v) is 5.91. The van der Waals surface area contributed by atoms with E-state index >= 15 is 0 Å². The zero-order valence-electron chi connectivity index (χ0n) is 12.4. The number of aromatic nitrogens is 4. The fourth-order valence-corrected chi connectivity index (χ4v) is 2.84. The van der Waals surface area contributed by atoms with Crippen LogP contribution in [-0.4, -0.2) is 49.1 Å². The number of hydrogen-bond donors (Lipinski definition) is 1. The highest BCUT2D eigenvalue weighted by molar-refractivity contribution is 7.99. The van der Waals surface area contributed by atoms with E-state index in [0.717, 1.165) is 30.3 Å². The van der Waals surface area contributed by atoms with Gasteiger partial charge in [0.25, 0.3) is 0 Å². The van der Waals surface area contributed by atoms with E-state index in [1.54, 1.807) is 30.4 Å². The zero-order valence-corrected chi connectivity index (χ0v) is 13.2. The first-order valence-corrected chi connectivity index (χ1v) is 8.48. The Balaban J connectivity index is 1.62. The SMILES string of the molecule is CSCC(=O)N1CCn2nc(CNc3cnccn3)cc2C1. The molecule has 1 aliphatic heterocycles. The Bertz CT molecular complexity index is 644. The summed E-state index contributed by atoms with van der Waals surface area (Å²) in [4.78, 5) is 22.0. The number of hydrogen-bond acceptors (Lipinski definition) is 6. The van der Waals surface area contributed by atoms with Gasteiger partial charge in [0.05, 0.1) is 43.0 Å². The molecular formula is C14H18N6OS. The summed E-state index contributed by atoms with van der Waals surface area (Å²) in [6.45, 7) is 2.71. The summed E-state index contributed by atoms with van der Waals surface area (Å²) < 4.78 is 1.98. The van der Waals surface area contributed by atoms with Crippen molar-refractivity contribution in [3.05, 3.63) is 36.0 Å². The van der Waals surface area contributed by atoms with Crippen LogP contribution in [0.25, 0.3) is 0 Å². The van der Waals surface area contributed by atoms with Gasteiger partial charge in [0.1, 0.15) is 5.82 Å². The lowest BCUT2D eigenvalue weighted by molar-refractivity contribution is -0.129. The summed E-state index contributed by atoms with van der Waals surface area (Å²) >= 11 is 1.56. The highest BCUT2D eigenvalue weighted by Crippen LogP contribution is 2.15. The molecule has 1 N–H and O–H groups in total. The first kappa shape index (κ1) is 14.8. The molecule has 0 bridgehead atoms. The molecule has 0 unspecified atom stereocenters. The number of carbonyl (C=O) groups excluding carboxylic acids is 1. The lowest BCUT2D eigenvalue weighted by atomic mass is 10.3. The molecule has 0 aliphatic carbocycles. The molecular weight excluding hydrogens is 300 g/mol. The van der Waals surface area contributed by atoms with Crippen LogP contribution in [0.5, 0.6) is 0 Å².